The third-order valence-electron chi connectivity index (χ3n) is 0.586. The summed E-state index contributed by atoms with van der Waals surface area (Å²) in [7, 11) is 0. The first-order valence-electron chi connectivity index (χ1n) is 3.71. The zero-order chi connectivity index (χ0) is 8.95. The number of rotatable bonds is 0. The third-order valence-corrected chi connectivity index (χ3v) is 0.586. The van der Waals surface area contributed by atoms with Crippen molar-refractivity contribution in [2.45, 2.75) is 20.3 Å². The van der Waals surface area contributed by atoms with E-state index in [2.05, 4.69) is 12.2 Å². The van der Waals surface area contributed by atoms with Gasteiger partial charge in [0.05, 0.1) is 0 Å². The summed E-state index contributed by atoms with van der Waals surface area (Å²) in [6, 6.07) is 0. The monoisotopic (exact) mass is 207 g/mol. The Labute approximate surface area is 85.7 Å². The minimum Gasteiger partial charge on any atom is -0.855 e. The number of hydrogen-bond donors (Lipinski definition) is 0. The molecule has 1 aliphatic carbocycles. The summed E-state index contributed by atoms with van der Waals surface area (Å²) in [5, 5.41) is 17.9. The van der Waals surface area contributed by atoms with Crippen LogP contribution in [-0.4, -0.2) is 13.2 Å². The Kier molecular flexibility index (Phi) is 33.4. The van der Waals surface area contributed by atoms with Crippen LogP contribution in [0.2, 0.25) is 0 Å². The molecule has 2 nitrogen and oxygen atoms in total. The summed E-state index contributed by atoms with van der Waals surface area (Å²) in [6.07, 6.45) is 10.0. The van der Waals surface area contributed by atoms with E-state index >= 15 is 0 Å². The van der Waals surface area contributed by atoms with Crippen molar-refractivity contribution in [3.05, 3.63) is 24.3 Å². The van der Waals surface area contributed by atoms with Gasteiger partial charge >= 0.3 is 17.4 Å². The molecule has 0 unspecified atom stereocenters. The van der Waals surface area contributed by atoms with Gasteiger partial charge in [-0.05, 0) is 0 Å². The summed E-state index contributed by atoms with van der Waals surface area (Å²) in [5.41, 5.74) is 0. The molecule has 0 aromatic rings. The van der Waals surface area contributed by atoms with Gasteiger partial charge in [0.25, 0.3) is 0 Å². The quantitative estimate of drug-likeness (QED) is 0.526. The average molecular weight is 207 g/mol. The first-order valence-corrected chi connectivity index (χ1v) is 3.71. The van der Waals surface area contributed by atoms with Crippen LogP contribution in [0.3, 0.4) is 0 Å². The van der Waals surface area contributed by atoms with Crippen LogP contribution < -0.4 is 10.2 Å². The van der Waals surface area contributed by atoms with Gasteiger partial charge in [-0.15, -0.1) is 19.6 Å². The van der Waals surface area contributed by atoms with Gasteiger partial charge in [-0.3, -0.25) is 6.08 Å². The standard InChI is InChI=1S/C5H5.2C2H5O.Cr/c1-2-4-5-3-1;2*1-2-3;/h1-3H,4H2;2*2H2,1H3;/q3*-1;+3. The Morgan fingerprint density at radius 2 is 1.67 bits per heavy atom. The van der Waals surface area contributed by atoms with Crippen molar-refractivity contribution >= 4 is 0 Å². The van der Waals surface area contributed by atoms with Crippen LogP contribution in [0.25, 0.3) is 0 Å². The van der Waals surface area contributed by atoms with Gasteiger partial charge in [-0.25, -0.2) is 12.2 Å². The second-order valence-electron chi connectivity index (χ2n) is 1.58. The summed E-state index contributed by atoms with van der Waals surface area (Å²) >= 11 is 0. The molecule has 69 valence electrons. The number of hydrogen-bond acceptors (Lipinski definition) is 2. The molecular weight excluding hydrogens is 192 g/mol. The van der Waals surface area contributed by atoms with E-state index < -0.39 is 0 Å². The summed E-state index contributed by atoms with van der Waals surface area (Å²) < 4.78 is 0. The molecule has 0 aliphatic heterocycles. The molecule has 0 aromatic heterocycles. The zero-order valence-corrected chi connectivity index (χ0v) is 8.85. The fourth-order valence-electron chi connectivity index (χ4n) is 0.340. The van der Waals surface area contributed by atoms with Crippen LogP contribution in [0, 0.1) is 6.08 Å². The molecule has 0 atom stereocenters. The first kappa shape index (κ1) is 17.9. The van der Waals surface area contributed by atoms with Crippen LogP contribution in [-0.2, 0) is 17.4 Å². The van der Waals surface area contributed by atoms with Crippen LogP contribution >= 0.6 is 0 Å². The SMILES string of the molecule is CC[O-].CC[O-].[C-]1=CC=CC1.[Cr+3]. The first-order chi connectivity index (χ1) is 5.33. The topological polar surface area (TPSA) is 46.1 Å². The number of allylic oxidation sites excluding steroid dienone is 4. The summed E-state index contributed by atoms with van der Waals surface area (Å²) in [5.74, 6) is 0. The largest absolute Gasteiger partial charge is 3.00 e. The molecule has 0 amide bonds. The Morgan fingerprint density at radius 1 is 1.25 bits per heavy atom. The van der Waals surface area contributed by atoms with Gasteiger partial charge in [0, 0.05) is 0 Å². The molecule has 1 rings (SSSR count). The van der Waals surface area contributed by atoms with Crippen molar-refractivity contribution < 1.29 is 27.6 Å². The van der Waals surface area contributed by atoms with Gasteiger partial charge in [0.15, 0.2) is 0 Å². The van der Waals surface area contributed by atoms with Gasteiger partial charge < -0.3 is 10.2 Å². The fourth-order valence-corrected chi connectivity index (χ4v) is 0.340. The summed E-state index contributed by atoms with van der Waals surface area (Å²) in [6.45, 7) is 3.14. The molecule has 0 saturated heterocycles. The predicted molar refractivity (Wildman–Crippen MR) is 42.7 cm³/mol. The van der Waals surface area contributed by atoms with Crippen molar-refractivity contribution in [3.63, 3.8) is 0 Å². The van der Waals surface area contributed by atoms with E-state index in [-0.39, 0.29) is 30.6 Å². The molecule has 1 radical (unpaired) electrons. The molecule has 12 heavy (non-hydrogen) atoms. The fraction of sp³-hybridized carbons (Fsp3) is 0.556. The van der Waals surface area contributed by atoms with Gasteiger partial charge in [-0.2, -0.15) is 6.08 Å². The van der Waals surface area contributed by atoms with Crippen molar-refractivity contribution in [1.82, 2.24) is 0 Å². The van der Waals surface area contributed by atoms with E-state index in [1.54, 1.807) is 13.8 Å². The molecule has 0 aromatic carbocycles. The molecule has 0 bridgehead atoms. The molecule has 0 fully saturated rings. The van der Waals surface area contributed by atoms with E-state index in [9.17, 15) is 0 Å². The average Bonchev–Trinajstić information content (AvgIpc) is 2.44. The van der Waals surface area contributed by atoms with Crippen LogP contribution in [0.15, 0.2) is 18.2 Å². The predicted octanol–water partition coefficient (Wildman–Crippen LogP) is 0.0364. The Balaban J connectivity index is -0.000000104. The van der Waals surface area contributed by atoms with Gasteiger partial charge in [-0.1, -0.05) is 13.8 Å². The Morgan fingerprint density at radius 3 is 1.75 bits per heavy atom. The van der Waals surface area contributed by atoms with Crippen molar-refractivity contribution in [1.29, 1.82) is 0 Å². The van der Waals surface area contributed by atoms with E-state index in [1.165, 1.54) is 0 Å². The zero-order valence-electron chi connectivity index (χ0n) is 7.58. The van der Waals surface area contributed by atoms with E-state index in [4.69, 9.17) is 10.2 Å². The maximum absolute atomic E-state index is 8.93. The second kappa shape index (κ2) is 22.4. The molecule has 0 spiro atoms. The maximum Gasteiger partial charge on any atom is 3.00 e. The molecule has 0 N–H and O–H groups in total. The van der Waals surface area contributed by atoms with Crippen LogP contribution in [0.1, 0.15) is 20.3 Å². The van der Waals surface area contributed by atoms with Crippen molar-refractivity contribution in [3.8, 4) is 0 Å². The Hall–Kier alpha value is -0.0675. The third kappa shape index (κ3) is 32.6. The normalized spacial score (nSPS) is 10.3. The molecule has 3 heteroatoms. The minimum absolute atomic E-state index is 0. The Bertz CT molecular complexity index is 88.7. The smallest absolute Gasteiger partial charge is 0.855 e. The molecule has 0 heterocycles. The van der Waals surface area contributed by atoms with Gasteiger partial charge in [0.2, 0.25) is 0 Å². The summed E-state index contributed by atoms with van der Waals surface area (Å²) in [4.78, 5) is 0. The van der Waals surface area contributed by atoms with E-state index in [0.29, 0.717) is 0 Å². The van der Waals surface area contributed by atoms with Crippen LogP contribution in [0.5, 0.6) is 0 Å². The van der Waals surface area contributed by atoms with Crippen LogP contribution in [0.4, 0.5) is 0 Å². The van der Waals surface area contributed by atoms with E-state index in [0.717, 1.165) is 6.42 Å². The minimum atomic E-state index is 0. The second-order valence-corrected chi connectivity index (χ2v) is 1.58. The molecular formula is C9H15CrO2. The molecule has 0 saturated carbocycles. The maximum atomic E-state index is 8.93. The van der Waals surface area contributed by atoms with Crippen molar-refractivity contribution in [2.75, 3.05) is 13.2 Å². The van der Waals surface area contributed by atoms with Gasteiger partial charge in [0.1, 0.15) is 0 Å². The van der Waals surface area contributed by atoms with E-state index in [1.807, 2.05) is 12.2 Å². The molecule has 1 aliphatic rings. The van der Waals surface area contributed by atoms with Crippen molar-refractivity contribution in [2.24, 2.45) is 0 Å².